The molecule has 35 heavy (non-hydrogen) atoms. The Kier molecular flexibility index (Phi) is 10.3. The van der Waals surface area contributed by atoms with Gasteiger partial charge in [-0.25, -0.2) is 0 Å². The normalized spacial score (nSPS) is 14.9. The van der Waals surface area contributed by atoms with Crippen LogP contribution in [0.15, 0.2) is 48.5 Å². The van der Waals surface area contributed by atoms with E-state index in [1.807, 2.05) is 13.8 Å². The van der Waals surface area contributed by atoms with E-state index >= 15 is 0 Å². The van der Waals surface area contributed by atoms with Gasteiger partial charge >= 0.3 is 7.60 Å². The highest BCUT2D eigenvalue weighted by Crippen LogP contribution is 2.41. The summed E-state index contributed by atoms with van der Waals surface area (Å²) in [5.41, 5.74) is 7.23. The molecule has 2 aromatic rings. The third kappa shape index (κ3) is 8.67. The number of hydrogen-bond acceptors (Lipinski definition) is 6. The van der Waals surface area contributed by atoms with Gasteiger partial charge in [-0.1, -0.05) is 44.5 Å². The topological polar surface area (TPSA) is 171 Å². The van der Waals surface area contributed by atoms with E-state index in [1.54, 1.807) is 36.4 Å². The Balaban J connectivity index is 2.25. The third-order valence-corrected chi connectivity index (χ3v) is 7.00. The Hall–Kier alpha value is -2.91. The quantitative estimate of drug-likeness (QED) is 0.236. The number of ether oxygens (including phenoxy) is 1. The van der Waals surface area contributed by atoms with Crippen molar-refractivity contribution in [1.29, 1.82) is 0 Å². The molecule has 0 saturated heterocycles. The largest absolute Gasteiger partial charge is 0.508 e. The van der Waals surface area contributed by atoms with E-state index in [1.165, 1.54) is 19.2 Å². The van der Waals surface area contributed by atoms with Gasteiger partial charge in [0.1, 0.15) is 23.3 Å². The maximum Gasteiger partial charge on any atom is 0.347 e. The fourth-order valence-corrected chi connectivity index (χ4v) is 4.11. The predicted octanol–water partition coefficient (Wildman–Crippen LogP) is 1.66. The Bertz CT molecular complexity index is 1020. The lowest BCUT2D eigenvalue weighted by Gasteiger charge is -2.26. The van der Waals surface area contributed by atoms with Crippen LogP contribution in [0, 0.1) is 5.92 Å². The van der Waals surface area contributed by atoms with Crippen LogP contribution in [0.2, 0.25) is 0 Å². The molecule has 10 nitrogen and oxygen atoms in total. The zero-order chi connectivity index (χ0) is 26.2. The van der Waals surface area contributed by atoms with Crippen molar-refractivity contribution in [2.75, 3.05) is 7.11 Å². The van der Waals surface area contributed by atoms with Crippen LogP contribution in [-0.4, -0.2) is 51.7 Å². The number of amides is 2. The van der Waals surface area contributed by atoms with Crippen molar-refractivity contribution in [3.8, 4) is 11.5 Å². The number of benzene rings is 2. The van der Waals surface area contributed by atoms with Crippen LogP contribution in [-0.2, 0) is 27.0 Å². The highest BCUT2D eigenvalue weighted by molar-refractivity contribution is 7.52. The first kappa shape index (κ1) is 28.3. The summed E-state index contributed by atoms with van der Waals surface area (Å²) >= 11 is 0. The smallest absolute Gasteiger partial charge is 0.347 e. The standard InChI is InChI=1S/C24H34N3O7P/c1-4-15(2)22(25)24(30)26-20(13-16-5-9-18(28)10-6-16)23(29)27-21(35(31,32)33)14-17-7-11-19(34-3)12-8-17/h5-12,15,20-22,28H,4,13-14,25H2,1-3H3,(H,26,30)(H,27,29)(H2,31,32,33)/t15-,20-,21+,22-/m0/s1. The average Bonchev–Trinajstić information content (AvgIpc) is 2.83. The molecule has 7 N–H and O–H groups in total. The van der Waals surface area contributed by atoms with E-state index in [0.29, 0.717) is 23.3 Å². The molecule has 0 aromatic heterocycles. The van der Waals surface area contributed by atoms with Crippen LogP contribution in [0.3, 0.4) is 0 Å². The molecular weight excluding hydrogens is 473 g/mol. The van der Waals surface area contributed by atoms with Crippen molar-refractivity contribution >= 4 is 19.4 Å². The number of phenolic OH excluding ortho intramolecular Hbond substituents is 1. The summed E-state index contributed by atoms with van der Waals surface area (Å²) in [4.78, 5) is 45.7. The number of nitrogens with two attached hydrogens (primary N) is 1. The molecule has 0 saturated carbocycles. The van der Waals surface area contributed by atoms with E-state index < -0.39 is 37.3 Å². The maximum atomic E-state index is 13.2. The lowest BCUT2D eigenvalue weighted by atomic mass is 9.98. The molecule has 0 unspecified atom stereocenters. The maximum absolute atomic E-state index is 13.2. The Morgan fingerprint density at radius 2 is 1.51 bits per heavy atom. The molecule has 0 aliphatic carbocycles. The van der Waals surface area contributed by atoms with E-state index in [9.17, 15) is 29.0 Å². The predicted molar refractivity (Wildman–Crippen MR) is 132 cm³/mol. The van der Waals surface area contributed by atoms with Gasteiger partial charge in [-0.3, -0.25) is 14.2 Å². The van der Waals surface area contributed by atoms with Gasteiger partial charge in [-0.2, -0.15) is 0 Å². The molecule has 0 radical (unpaired) electrons. The molecule has 0 fully saturated rings. The summed E-state index contributed by atoms with van der Waals surface area (Å²) in [7, 11) is -3.25. The average molecular weight is 508 g/mol. The van der Waals surface area contributed by atoms with Crippen LogP contribution in [0.1, 0.15) is 31.4 Å². The number of carbonyl (C=O) groups is 2. The zero-order valence-electron chi connectivity index (χ0n) is 20.0. The van der Waals surface area contributed by atoms with E-state index in [2.05, 4.69) is 10.6 Å². The number of carbonyl (C=O) groups excluding carboxylic acids is 2. The minimum Gasteiger partial charge on any atom is -0.508 e. The summed E-state index contributed by atoms with van der Waals surface area (Å²) < 4.78 is 17.3. The van der Waals surface area contributed by atoms with Crippen molar-refractivity contribution in [2.24, 2.45) is 11.7 Å². The zero-order valence-corrected chi connectivity index (χ0v) is 20.9. The summed E-state index contributed by atoms with van der Waals surface area (Å²) in [6.07, 6.45) is 0.555. The first-order chi connectivity index (χ1) is 16.4. The molecule has 2 rings (SSSR count). The molecule has 192 valence electrons. The van der Waals surface area contributed by atoms with Crippen LogP contribution < -0.4 is 21.1 Å². The first-order valence-electron chi connectivity index (χ1n) is 11.3. The second-order valence-corrected chi connectivity index (χ2v) is 10.3. The summed E-state index contributed by atoms with van der Waals surface area (Å²) in [6, 6.07) is 10.7. The molecule has 2 amide bonds. The SMILES string of the molecule is CC[C@H](C)[C@H](N)C(=O)N[C@@H](Cc1ccc(O)cc1)C(=O)N[C@@H](Cc1ccc(OC)cc1)P(=O)(O)O. The Morgan fingerprint density at radius 1 is 0.971 bits per heavy atom. The van der Waals surface area contributed by atoms with Gasteiger partial charge in [0.25, 0.3) is 0 Å². The lowest BCUT2D eigenvalue weighted by Crippen LogP contribution is -2.55. The molecule has 0 spiro atoms. The minimum atomic E-state index is -4.75. The van der Waals surface area contributed by atoms with Gasteiger partial charge in [0.15, 0.2) is 0 Å². The van der Waals surface area contributed by atoms with Crippen molar-refractivity contribution < 1.29 is 33.8 Å². The molecule has 4 atom stereocenters. The van der Waals surface area contributed by atoms with Gasteiger partial charge in [0.05, 0.1) is 13.2 Å². The molecule has 0 aliphatic rings. The molecule has 0 bridgehead atoms. The number of hydrogen-bond donors (Lipinski definition) is 6. The lowest BCUT2D eigenvalue weighted by molar-refractivity contribution is -0.130. The van der Waals surface area contributed by atoms with Crippen LogP contribution >= 0.6 is 7.60 Å². The number of rotatable bonds is 12. The number of nitrogens with one attached hydrogen (secondary N) is 2. The third-order valence-electron chi connectivity index (χ3n) is 5.87. The van der Waals surface area contributed by atoms with E-state index in [4.69, 9.17) is 10.5 Å². The van der Waals surface area contributed by atoms with Crippen molar-refractivity contribution in [1.82, 2.24) is 10.6 Å². The fourth-order valence-electron chi connectivity index (χ4n) is 3.36. The van der Waals surface area contributed by atoms with Crippen LogP contribution in [0.4, 0.5) is 0 Å². The van der Waals surface area contributed by atoms with Crippen LogP contribution in [0.5, 0.6) is 11.5 Å². The Labute approximate surface area is 205 Å². The summed E-state index contributed by atoms with van der Waals surface area (Å²) in [5, 5.41) is 14.6. The second-order valence-electron chi connectivity index (χ2n) is 8.51. The van der Waals surface area contributed by atoms with Gasteiger partial charge in [-0.15, -0.1) is 0 Å². The van der Waals surface area contributed by atoms with E-state index in [-0.39, 0.29) is 24.5 Å². The monoisotopic (exact) mass is 507 g/mol. The molecule has 2 aromatic carbocycles. The van der Waals surface area contributed by atoms with Gasteiger partial charge in [-0.05, 0) is 41.3 Å². The van der Waals surface area contributed by atoms with Gasteiger partial charge < -0.3 is 36.0 Å². The Morgan fingerprint density at radius 3 is 2.03 bits per heavy atom. The highest BCUT2D eigenvalue weighted by atomic mass is 31.2. The van der Waals surface area contributed by atoms with Crippen molar-refractivity contribution in [2.45, 2.75) is 51.0 Å². The van der Waals surface area contributed by atoms with Gasteiger partial charge in [0.2, 0.25) is 11.8 Å². The molecule has 11 heteroatoms. The van der Waals surface area contributed by atoms with Crippen molar-refractivity contribution in [3.05, 3.63) is 59.7 Å². The molecular formula is C24H34N3O7P. The summed E-state index contributed by atoms with van der Waals surface area (Å²) in [6.45, 7) is 3.71. The number of phenols is 1. The van der Waals surface area contributed by atoms with E-state index in [0.717, 1.165) is 0 Å². The van der Waals surface area contributed by atoms with Crippen molar-refractivity contribution in [3.63, 3.8) is 0 Å². The first-order valence-corrected chi connectivity index (χ1v) is 12.9. The van der Waals surface area contributed by atoms with Gasteiger partial charge in [0, 0.05) is 12.8 Å². The fraction of sp³-hybridized carbons (Fsp3) is 0.417. The molecule has 0 heterocycles. The van der Waals surface area contributed by atoms with Crippen LogP contribution in [0.25, 0.3) is 0 Å². The number of aromatic hydroxyl groups is 1. The number of methoxy groups -OCH3 is 1. The minimum absolute atomic E-state index is 0.0293. The second kappa shape index (κ2) is 12.7. The summed E-state index contributed by atoms with van der Waals surface area (Å²) in [5.74, 6) is -2.32. The highest BCUT2D eigenvalue weighted by Gasteiger charge is 2.34. The molecule has 0 aliphatic heterocycles.